The smallest absolute Gasteiger partial charge is 0.266 e. The third kappa shape index (κ3) is 4.43. The molecule has 1 amide bonds. The van der Waals surface area contributed by atoms with Crippen LogP contribution >= 0.6 is 24.0 Å². The van der Waals surface area contributed by atoms with Crippen LogP contribution in [0.15, 0.2) is 43.5 Å². The molecule has 3 aliphatic rings. The van der Waals surface area contributed by atoms with Gasteiger partial charge in [0.05, 0.1) is 9.80 Å². The minimum atomic E-state index is -3.90. The zero-order valence-electron chi connectivity index (χ0n) is 19.0. The van der Waals surface area contributed by atoms with E-state index in [1.165, 1.54) is 17.8 Å². The summed E-state index contributed by atoms with van der Waals surface area (Å²) in [6.45, 7) is 3.31. The van der Waals surface area contributed by atoms with Gasteiger partial charge in [-0.15, -0.1) is 0 Å². The average molecular weight is 518 g/mol. The molecule has 0 unspecified atom stereocenters. The number of piperidine rings is 1. The van der Waals surface area contributed by atoms with Crippen molar-refractivity contribution in [3.05, 3.63) is 40.6 Å². The van der Waals surface area contributed by atoms with E-state index in [1.807, 2.05) is 11.8 Å². The molecule has 0 radical (unpaired) electrons. The van der Waals surface area contributed by atoms with Crippen LogP contribution in [0.25, 0.3) is 6.08 Å². The SMILES string of the molecule is Cc1ccc(S(=O)(=O)c2nc(C=C3SC(=S)N(C4CCCC4)C3=O)oc2N2CCCCC2)cc1. The second-order valence-corrected chi connectivity index (χ2v) is 12.6. The van der Waals surface area contributed by atoms with Crippen LogP contribution in [-0.2, 0) is 14.6 Å². The van der Waals surface area contributed by atoms with Gasteiger partial charge >= 0.3 is 0 Å². The van der Waals surface area contributed by atoms with Crippen LogP contribution in [-0.4, -0.2) is 47.7 Å². The van der Waals surface area contributed by atoms with E-state index in [2.05, 4.69) is 4.98 Å². The Kier molecular flexibility index (Phi) is 6.56. The molecule has 1 aromatic heterocycles. The van der Waals surface area contributed by atoms with Crippen molar-refractivity contribution in [2.75, 3.05) is 18.0 Å². The molecule has 34 heavy (non-hydrogen) atoms. The first-order valence-electron chi connectivity index (χ1n) is 11.7. The first kappa shape index (κ1) is 23.6. The number of nitrogens with zero attached hydrogens (tertiary/aromatic N) is 3. The molecule has 2 aliphatic heterocycles. The van der Waals surface area contributed by atoms with E-state index in [0.29, 0.717) is 22.3 Å². The van der Waals surface area contributed by atoms with Gasteiger partial charge in [-0.2, -0.15) is 4.98 Å². The van der Waals surface area contributed by atoms with Gasteiger partial charge in [-0.3, -0.25) is 9.69 Å². The molecule has 7 nitrogen and oxygen atoms in total. The highest BCUT2D eigenvalue weighted by molar-refractivity contribution is 8.26. The normalized spacial score (nSPS) is 21.3. The quantitative estimate of drug-likeness (QED) is 0.407. The van der Waals surface area contributed by atoms with Crippen LogP contribution in [0.2, 0.25) is 0 Å². The molecule has 3 heterocycles. The summed E-state index contributed by atoms with van der Waals surface area (Å²) in [4.78, 5) is 21.7. The topological polar surface area (TPSA) is 83.7 Å². The summed E-state index contributed by atoms with van der Waals surface area (Å²) in [5.41, 5.74) is 0.973. The second-order valence-electron chi connectivity index (χ2n) is 9.02. The molecule has 1 aliphatic carbocycles. The Balaban J connectivity index is 1.52. The monoisotopic (exact) mass is 517 g/mol. The van der Waals surface area contributed by atoms with E-state index < -0.39 is 9.84 Å². The Morgan fingerprint density at radius 1 is 1.09 bits per heavy atom. The number of sulfone groups is 1. The van der Waals surface area contributed by atoms with E-state index in [9.17, 15) is 13.2 Å². The van der Waals surface area contributed by atoms with Crippen molar-refractivity contribution >= 4 is 56.0 Å². The van der Waals surface area contributed by atoms with Gasteiger partial charge in [-0.1, -0.05) is 54.5 Å². The molecule has 0 N–H and O–H groups in total. The standard InChI is InChI=1S/C24H27N3O4S3/c1-16-9-11-18(12-10-16)34(29,30)21-23(26-13-5-2-6-14-26)31-20(25-21)15-19-22(28)27(24(32)33-19)17-7-3-4-8-17/h9-12,15,17H,2-8,13-14H2,1H3. The predicted molar refractivity (Wildman–Crippen MR) is 136 cm³/mol. The van der Waals surface area contributed by atoms with Gasteiger partial charge in [0.15, 0.2) is 0 Å². The van der Waals surface area contributed by atoms with Gasteiger partial charge < -0.3 is 9.32 Å². The Hall–Kier alpha value is -2.17. The van der Waals surface area contributed by atoms with Crippen LogP contribution in [0.1, 0.15) is 56.4 Å². The van der Waals surface area contributed by atoms with Crippen LogP contribution in [0, 0.1) is 6.92 Å². The first-order chi connectivity index (χ1) is 16.3. The lowest BCUT2D eigenvalue weighted by Crippen LogP contribution is -2.36. The number of oxazole rings is 1. The number of hydrogen-bond acceptors (Lipinski definition) is 8. The summed E-state index contributed by atoms with van der Waals surface area (Å²) in [6.07, 6.45) is 8.66. The third-order valence-electron chi connectivity index (χ3n) is 6.59. The highest BCUT2D eigenvalue weighted by Gasteiger charge is 2.39. The number of carbonyl (C=O) groups is 1. The largest absolute Gasteiger partial charge is 0.420 e. The Bertz CT molecular complexity index is 1240. The minimum absolute atomic E-state index is 0.101. The molecule has 0 atom stereocenters. The molecular weight excluding hydrogens is 490 g/mol. The number of rotatable bonds is 5. The zero-order valence-corrected chi connectivity index (χ0v) is 21.5. The second kappa shape index (κ2) is 9.47. The molecule has 10 heteroatoms. The number of amides is 1. The number of thioether (sulfide) groups is 1. The molecule has 1 aromatic carbocycles. The maximum atomic E-state index is 13.5. The maximum Gasteiger partial charge on any atom is 0.266 e. The van der Waals surface area contributed by atoms with E-state index in [0.717, 1.165) is 50.5 Å². The summed E-state index contributed by atoms with van der Waals surface area (Å²) < 4.78 is 33.6. The number of aromatic nitrogens is 1. The van der Waals surface area contributed by atoms with Crippen molar-refractivity contribution < 1.29 is 17.6 Å². The highest BCUT2D eigenvalue weighted by Crippen LogP contribution is 2.39. The fraction of sp³-hybridized carbons (Fsp3) is 0.458. The third-order valence-corrected chi connectivity index (χ3v) is 9.59. The summed E-state index contributed by atoms with van der Waals surface area (Å²) in [5.74, 6) is 0.207. The van der Waals surface area contributed by atoms with Crippen molar-refractivity contribution in [2.24, 2.45) is 0 Å². The molecule has 3 fully saturated rings. The lowest BCUT2D eigenvalue weighted by Gasteiger charge is -2.26. The van der Waals surface area contributed by atoms with Gasteiger partial charge in [0.2, 0.25) is 26.6 Å². The Morgan fingerprint density at radius 3 is 2.44 bits per heavy atom. The van der Waals surface area contributed by atoms with Gasteiger partial charge in [0.25, 0.3) is 5.91 Å². The van der Waals surface area contributed by atoms with Crippen molar-refractivity contribution in [1.82, 2.24) is 9.88 Å². The summed E-state index contributed by atoms with van der Waals surface area (Å²) in [5, 5.41) is -0.101. The minimum Gasteiger partial charge on any atom is -0.420 e. The molecule has 2 saturated heterocycles. The van der Waals surface area contributed by atoms with E-state index in [4.69, 9.17) is 16.6 Å². The van der Waals surface area contributed by atoms with Gasteiger partial charge in [-0.05, 0) is 51.2 Å². The van der Waals surface area contributed by atoms with Crippen LogP contribution in [0.3, 0.4) is 0 Å². The molecule has 180 valence electrons. The lowest BCUT2D eigenvalue weighted by atomic mass is 10.1. The van der Waals surface area contributed by atoms with Crippen LogP contribution in [0.4, 0.5) is 5.88 Å². The average Bonchev–Trinajstić information content (AvgIpc) is 3.55. The number of aryl methyl sites for hydroxylation is 1. The molecular formula is C24H27N3O4S3. The maximum absolute atomic E-state index is 13.5. The summed E-state index contributed by atoms with van der Waals surface area (Å²) >= 11 is 6.71. The van der Waals surface area contributed by atoms with Crippen molar-refractivity contribution in [3.8, 4) is 0 Å². The van der Waals surface area contributed by atoms with E-state index in [1.54, 1.807) is 29.2 Å². The van der Waals surface area contributed by atoms with E-state index in [-0.39, 0.29) is 33.6 Å². The first-order valence-corrected chi connectivity index (χ1v) is 14.4. The van der Waals surface area contributed by atoms with Gasteiger partial charge in [0, 0.05) is 25.2 Å². The number of hydrogen-bond donors (Lipinski definition) is 0. The molecule has 1 saturated carbocycles. The number of anilines is 1. The fourth-order valence-electron chi connectivity index (χ4n) is 4.75. The van der Waals surface area contributed by atoms with Crippen molar-refractivity contribution in [3.63, 3.8) is 0 Å². The fourth-order valence-corrected chi connectivity index (χ4v) is 7.44. The zero-order chi connectivity index (χ0) is 23.9. The van der Waals surface area contributed by atoms with Gasteiger partial charge in [0.1, 0.15) is 4.32 Å². The van der Waals surface area contributed by atoms with Crippen molar-refractivity contribution in [2.45, 2.75) is 67.8 Å². The molecule has 5 rings (SSSR count). The van der Waals surface area contributed by atoms with Crippen LogP contribution < -0.4 is 4.90 Å². The number of carbonyl (C=O) groups excluding carboxylic acids is 1. The van der Waals surface area contributed by atoms with E-state index >= 15 is 0 Å². The molecule has 0 bridgehead atoms. The highest BCUT2D eigenvalue weighted by atomic mass is 32.2. The summed E-state index contributed by atoms with van der Waals surface area (Å²) in [6, 6.07) is 6.85. The Morgan fingerprint density at radius 2 is 1.76 bits per heavy atom. The van der Waals surface area contributed by atoms with Crippen molar-refractivity contribution in [1.29, 1.82) is 0 Å². The number of thiocarbonyl (C=S) groups is 1. The predicted octanol–water partition coefficient (Wildman–Crippen LogP) is 4.95. The summed E-state index contributed by atoms with van der Waals surface area (Å²) in [7, 11) is -3.90. The molecule has 2 aromatic rings. The lowest BCUT2D eigenvalue weighted by molar-refractivity contribution is -0.123. The Labute approximate surface area is 209 Å². The molecule has 0 spiro atoms. The van der Waals surface area contributed by atoms with Crippen LogP contribution in [0.5, 0.6) is 0 Å². The number of benzene rings is 1. The van der Waals surface area contributed by atoms with Gasteiger partial charge in [-0.25, -0.2) is 8.42 Å².